The average molecular weight is 284 g/mol. The number of nitrogen functional groups attached to an aromatic ring is 1. The van der Waals surface area contributed by atoms with Crippen LogP contribution in [0.4, 0.5) is 15.8 Å². The number of halogens is 1. The van der Waals surface area contributed by atoms with Crippen LogP contribution in [0.3, 0.4) is 0 Å². The fourth-order valence-corrected chi connectivity index (χ4v) is 1.82. The summed E-state index contributed by atoms with van der Waals surface area (Å²) in [5, 5.41) is 3.29. The summed E-state index contributed by atoms with van der Waals surface area (Å²) in [6.45, 7) is 8.42. The molecule has 0 spiro atoms. The number of methoxy groups -OCH3 is 1. The first kappa shape index (κ1) is 16.6. The van der Waals surface area contributed by atoms with E-state index in [1.807, 2.05) is 13.8 Å². The Balaban J connectivity index is 2.98. The minimum atomic E-state index is -0.449. The number of nitrogens with one attached hydrogen (secondary N) is 1. The first-order valence-electron chi connectivity index (χ1n) is 6.86. The van der Waals surface area contributed by atoms with Crippen molar-refractivity contribution in [2.75, 3.05) is 24.8 Å². The number of anilines is 2. The Bertz CT molecular complexity index is 436. The van der Waals surface area contributed by atoms with E-state index in [2.05, 4.69) is 19.2 Å². The molecule has 1 aromatic rings. The lowest BCUT2D eigenvalue weighted by molar-refractivity contribution is 0.171. The molecule has 0 aliphatic rings. The monoisotopic (exact) mass is 284 g/mol. The van der Waals surface area contributed by atoms with Gasteiger partial charge in [0, 0.05) is 19.2 Å². The highest BCUT2D eigenvalue weighted by Gasteiger charge is 2.16. The molecule has 1 rings (SSSR count). The van der Waals surface area contributed by atoms with Crippen molar-refractivity contribution in [1.29, 1.82) is 0 Å². The fourth-order valence-electron chi connectivity index (χ4n) is 1.82. The van der Waals surface area contributed by atoms with Crippen LogP contribution in [0.5, 0.6) is 5.75 Å². The Kier molecular flexibility index (Phi) is 6.07. The van der Waals surface area contributed by atoms with Gasteiger partial charge in [-0.25, -0.2) is 4.39 Å². The summed E-state index contributed by atoms with van der Waals surface area (Å²) in [4.78, 5) is 0. The molecule has 4 nitrogen and oxygen atoms in total. The second kappa shape index (κ2) is 7.33. The molecule has 1 aromatic carbocycles. The Hall–Kier alpha value is -1.49. The van der Waals surface area contributed by atoms with Gasteiger partial charge in [-0.2, -0.15) is 0 Å². The minimum absolute atomic E-state index is 0.0964. The van der Waals surface area contributed by atoms with Gasteiger partial charge in [-0.15, -0.1) is 0 Å². The molecular weight excluding hydrogens is 259 g/mol. The van der Waals surface area contributed by atoms with Gasteiger partial charge in [-0.3, -0.25) is 0 Å². The van der Waals surface area contributed by atoms with Crippen LogP contribution in [0, 0.1) is 11.7 Å². The lowest BCUT2D eigenvalue weighted by atomic mass is 10.0. The summed E-state index contributed by atoms with van der Waals surface area (Å²) < 4.78 is 24.4. The predicted molar refractivity (Wildman–Crippen MR) is 80.7 cm³/mol. The lowest BCUT2D eigenvalue weighted by Gasteiger charge is -2.24. The average Bonchev–Trinajstić information content (AvgIpc) is 2.33. The molecule has 3 N–H and O–H groups in total. The molecule has 1 atom stereocenters. The standard InChI is InChI=1S/C15H25FN2O2/c1-9(2)14(8-19-5)18-13-7-15(20-10(3)4)11(16)6-12(13)17/h6-7,9-10,14,18H,8,17H2,1-5H3. The lowest BCUT2D eigenvalue weighted by Crippen LogP contribution is -2.30. The summed E-state index contributed by atoms with van der Waals surface area (Å²) in [5.74, 6) is 0.111. The molecular formula is C15H25FN2O2. The maximum atomic E-state index is 13.8. The van der Waals surface area contributed by atoms with Gasteiger partial charge in [0.2, 0.25) is 0 Å². The Morgan fingerprint density at radius 3 is 2.40 bits per heavy atom. The maximum Gasteiger partial charge on any atom is 0.167 e. The molecule has 0 heterocycles. The van der Waals surface area contributed by atoms with Crippen LogP contribution in [-0.2, 0) is 4.74 Å². The van der Waals surface area contributed by atoms with Crippen molar-refractivity contribution < 1.29 is 13.9 Å². The number of hydrogen-bond donors (Lipinski definition) is 2. The van der Waals surface area contributed by atoms with Crippen molar-refractivity contribution in [1.82, 2.24) is 0 Å². The molecule has 0 saturated heterocycles. The SMILES string of the molecule is COCC(Nc1cc(OC(C)C)c(F)cc1N)C(C)C. The molecule has 20 heavy (non-hydrogen) atoms. The van der Waals surface area contributed by atoms with E-state index in [1.165, 1.54) is 6.07 Å². The minimum Gasteiger partial charge on any atom is -0.488 e. The van der Waals surface area contributed by atoms with Crippen molar-refractivity contribution in [3.05, 3.63) is 17.9 Å². The van der Waals surface area contributed by atoms with Gasteiger partial charge < -0.3 is 20.5 Å². The van der Waals surface area contributed by atoms with E-state index >= 15 is 0 Å². The maximum absolute atomic E-state index is 13.8. The largest absolute Gasteiger partial charge is 0.488 e. The fraction of sp³-hybridized carbons (Fsp3) is 0.600. The highest BCUT2D eigenvalue weighted by molar-refractivity contribution is 5.69. The molecule has 5 heteroatoms. The zero-order valence-electron chi connectivity index (χ0n) is 12.9. The van der Waals surface area contributed by atoms with Gasteiger partial charge >= 0.3 is 0 Å². The van der Waals surface area contributed by atoms with Crippen LogP contribution in [0.2, 0.25) is 0 Å². The first-order chi connectivity index (χ1) is 9.35. The summed E-state index contributed by atoms with van der Waals surface area (Å²) in [6, 6.07) is 2.99. The second-order valence-electron chi connectivity index (χ2n) is 5.49. The summed E-state index contributed by atoms with van der Waals surface area (Å²) in [7, 11) is 1.65. The van der Waals surface area contributed by atoms with Gasteiger partial charge in [0.05, 0.1) is 30.1 Å². The molecule has 0 aliphatic carbocycles. The van der Waals surface area contributed by atoms with Crippen molar-refractivity contribution in [3.63, 3.8) is 0 Å². The molecule has 114 valence electrons. The van der Waals surface area contributed by atoms with E-state index < -0.39 is 5.82 Å². The second-order valence-corrected chi connectivity index (χ2v) is 5.49. The highest BCUT2D eigenvalue weighted by Crippen LogP contribution is 2.30. The van der Waals surface area contributed by atoms with E-state index in [0.717, 1.165) is 0 Å². The topological polar surface area (TPSA) is 56.5 Å². The molecule has 0 radical (unpaired) electrons. The van der Waals surface area contributed by atoms with Gasteiger partial charge in [0.1, 0.15) is 0 Å². The van der Waals surface area contributed by atoms with Crippen LogP contribution in [0.1, 0.15) is 27.7 Å². The van der Waals surface area contributed by atoms with Crippen molar-refractivity contribution in [2.45, 2.75) is 39.8 Å². The third kappa shape index (κ3) is 4.56. The summed E-state index contributed by atoms with van der Waals surface area (Å²) in [6.07, 6.45) is -0.0964. The van der Waals surface area contributed by atoms with Crippen molar-refractivity contribution in [2.24, 2.45) is 5.92 Å². The third-order valence-electron chi connectivity index (χ3n) is 2.96. The third-order valence-corrected chi connectivity index (χ3v) is 2.96. The number of ether oxygens (including phenoxy) is 2. The normalized spacial score (nSPS) is 12.8. The van der Waals surface area contributed by atoms with Gasteiger partial charge in [0.15, 0.2) is 11.6 Å². The van der Waals surface area contributed by atoms with E-state index in [4.69, 9.17) is 15.2 Å². The van der Waals surface area contributed by atoms with Crippen LogP contribution in [0.15, 0.2) is 12.1 Å². The molecule has 0 aliphatic heterocycles. The molecule has 0 aromatic heterocycles. The summed E-state index contributed by atoms with van der Waals surface area (Å²) >= 11 is 0. The molecule has 1 unspecified atom stereocenters. The smallest absolute Gasteiger partial charge is 0.167 e. The number of rotatable bonds is 7. The quantitative estimate of drug-likeness (QED) is 0.754. The molecule has 0 saturated carbocycles. The zero-order chi connectivity index (χ0) is 15.3. The predicted octanol–water partition coefficient (Wildman–Crippen LogP) is 3.28. The molecule has 0 fully saturated rings. The highest BCUT2D eigenvalue weighted by atomic mass is 19.1. The number of nitrogens with two attached hydrogens (primary N) is 1. The molecule has 0 amide bonds. The van der Waals surface area contributed by atoms with Gasteiger partial charge in [0.25, 0.3) is 0 Å². The van der Waals surface area contributed by atoms with Crippen molar-refractivity contribution >= 4 is 11.4 Å². The van der Waals surface area contributed by atoms with Gasteiger partial charge in [-0.05, 0) is 19.8 Å². The van der Waals surface area contributed by atoms with Crippen LogP contribution >= 0.6 is 0 Å². The van der Waals surface area contributed by atoms with Crippen LogP contribution < -0.4 is 15.8 Å². The Labute approximate surface area is 120 Å². The van der Waals surface area contributed by atoms with Crippen molar-refractivity contribution in [3.8, 4) is 5.75 Å². The van der Waals surface area contributed by atoms with E-state index in [1.54, 1.807) is 13.2 Å². The zero-order valence-corrected chi connectivity index (χ0v) is 12.9. The van der Waals surface area contributed by atoms with E-state index in [0.29, 0.717) is 23.9 Å². The number of hydrogen-bond acceptors (Lipinski definition) is 4. The number of benzene rings is 1. The molecule has 0 bridgehead atoms. The van der Waals surface area contributed by atoms with Gasteiger partial charge in [-0.1, -0.05) is 13.8 Å². The summed E-state index contributed by atoms with van der Waals surface area (Å²) in [5.41, 5.74) is 6.89. The first-order valence-corrected chi connectivity index (χ1v) is 6.86. The Morgan fingerprint density at radius 2 is 1.90 bits per heavy atom. The van der Waals surface area contributed by atoms with E-state index in [-0.39, 0.29) is 17.9 Å². The van der Waals surface area contributed by atoms with Crippen LogP contribution in [0.25, 0.3) is 0 Å². The van der Waals surface area contributed by atoms with E-state index in [9.17, 15) is 4.39 Å². The van der Waals surface area contributed by atoms with Crippen LogP contribution in [-0.4, -0.2) is 25.9 Å². The Morgan fingerprint density at radius 1 is 1.25 bits per heavy atom.